The Labute approximate surface area is 182 Å². The highest BCUT2D eigenvalue weighted by atomic mass is 16.5. The molecule has 0 amide bonds. The van der Waals surface area contributed by atoms with Gasteiger partial charge in [-0.15, -0.1) is 0 Å². The summed E-state index contributed by atoms with van der Waals surface area (Å²) < 4.78 is 5.86. The topological polar surface area (TPSA) is 114 Å². The minimum atomic E-state index is -0.497. The average molecular weight is 415 g/mol. The zero-order valence-electron chi connectivity index (χ0n) is 17.3. The fraction of sp³-hybridized carbons (Fsp3) is 0.120. The molecule has 0 bridgehead atoms. The molecule has 0 aliphatic carbocycles. The fourth-order valence-corrected chi connectivity index (χ4v) is 3.37. The highest BCUT2D eigenvalue weighted by Crippen LogP contribution is 2.31. The Balaban J connectivity index is 1.90. The van der Waals surface area contributed by atoms with E-state index >= 15 is 0 Å². The highest BCUT2D eigenvalue weighted by molar-refractivity contribution is 6.13. The molecule has 6 heteroatoms. The summed E-state index contributed by atoms with van der Waals surface area (Å²) in [5.74, 6) is 0.564. The van der Waals surface area contributed by atoms with E-state index in [1.54, 1.807) is 19.2 Å². The van der Waals surface area contributed by atoms with Crippen molar-refractivity contribution in [3.8, 4) is 5.75 Å². The van der Waals surface area contributed by atoms with Crippen LogP contribution in [-0.2, 0) is 11.4 Å². The lowest BCUT2D eigenvalue weighted by Gasteiger charge is -2.23. The quantitative estimate of drug-likeness (QED) is 0.185. The van der Waals surface area contributed by atoms with Gasteiger partial charge in [0.15, 0.2) is 6.29 Å². The van der Waals surface area contributed by atoms with Crippen molar-refractivity contribution < 1.29 is 9.53 Å². The van der Waals surface area contributed by atoms with Gasteiger partial charge in [0.25, 0.3) is 0 Å². The molecule has 0 saturated heterocycles. The molecule has 6 nitrogen and oxygen atoms in total. The summed E-state index contributed by atoms with van der Waals surface area (Å²) in [6, 6.07) is 23.9. The van der Waals surface area contributed by atoms with Crippen LogP contribution in [0.2, 0.25) is 0 Å². The van der Waals surface area contributed by atoms with E-state index < -0.39 is 6.04 Å². The van der Waals surface area contributed by atoms with Crippen molar-refractivity contribution in [2.24, 2.45) is 5.73 Å². The van der Waals surface area contributed by atoms with Crippen LogP contribution in [0.3, 0.4) is 0 Å². The van der Waals surface area contributed by atoms with E-state index in [0.717, 1.165) is 11.1 Å². The summed E-state index contributed by atoms with van der Waals surface area (Å²) in [6.45, 7) is 0.405. The predicted molar refractivity (Wildman–Crippen MR) is 124 cm³/mol. The Morgan fingerprint density at radius 3 is 2.29 bits per heavy atom. The molecule has 3 aromatic rings. The van der Waals surface area contributed by atoms with Gasteiger partial charge in [-0.3, -0.25) is 10.2 Å². The third-order valence-electron chi connectivity index (χ3n) is 4.95. The summed E-state index contributed by atoms with van der Waals surface area (Å²) in [5, 5.41) is 11.8. The normalized spacial score (nSPS) is 12.5. The van der Waals surface area contributed by atoms with E-state index in [9.17, 15) is 4.79 Å². The molecule has 6 N–H and O–H groups in total. The van der Waals surface area contributed by atoms with Gasteiger partial charge in [0.2, 0.25) is 0 Å². The fourth-order valence-electron chi connectivity index (χ4n) is 3.37. The Morgan fingerprint density at radius 2 is 1.71 bits per heavy atom. The van der Waals surface area contributed by atoms with E-state index in [0.29, 0.717) is 35.5 Å². The SMILES string of the molecule is CNC(/C(C(=N)c1ccccc1)=C(/N)C=O)c1ccc(OCc2ccccc2)c(N)c1. The number of hydrogen-bond donors (Lipinski definition) is 4. The van der Waals surface area contributed by atoms with E-state index in [2.05, 4.69) is 5.32 Å². The lowest BCUT2D eigenvalue weighted by atomic mass is 9.90. The summed E-state index contributed by atoms with van der Waals surface area (Å²) in [7, 11) is 1.75. The monoisotopic (exact) mass is 414 g/mol. The number of nitrogen functional groups attached to an aromatic ring is 1. The van der Waals surface area contributed by atoms with Crippen LogP contribution in [0.25, 0.3) is 0 Å². The van der Waals surface area contributed by atoms with E-state index in [1.807, 2.05) is 66.7 Å². The van der Waals surface area contributed by atoms with Gasteiger partial charge in [-0.2, -0.15) is 0 Å². The smallest absolute Gasteiger partial charge is 0.166 e. The summed E-state index contributed by atoms with van der Waals surface area (Å²) in [4.78, 5) is 11.5. The van der Waals surface area contributed by atoms with Crippen molar-refractivity contribution in [3.63, 3.8) is 0 Å². The van der Waals surface area contributed by atoms with Crippen LogP contribution in [0, 0.1) is 5.41 Å². The first kappa shape index (κ1) is 21.8. The molecule has 0 spiro atoms. The number of carbonyl (C=O) groups excluding carboxylic acids is 1. The van der Waals surface area contributed by atoms with Crippen molar-refractivity contribution in [1.29, 1.82) is 5.41 Å². The molecule has 31 heavy (non-hydrogen) atoms. The molecular weight excluding hydrogens is 388 g/mol. The zero-order valence-corrected chi connectivity index (χ0v) is 17.3. The maximum atomic E-state index is 11.5. The first-order valence-electron chi connectivity index (χ1n) is 9.87. The Morgan fingerprint density at radius 1 is 1.06 bits per heavy atom. The van der Waals surface area contributed by atoms with E-state index in [-0.39, 0.29) is 11.4 Å². The molecule has 0 aliphatic heterocycles. The summed E-state index contributed by atoms with van der Waals surface area (Å²) >= 11 is 0. The van der Waals surface area contributed by atoms with Crippen LogP contribution >= 0.6 is 0 Å². The van der Waals surface area contributed by atoms with Crippen LogP contribution in [0.5, 0.6) is 5.75 Å². The van der Waals surface area contributed by atoms with Crippen molar-refractivity contribution in [3.05, 3.63) is 107 Å². The average Bonchev–Trinajstić information content (AvgIpc) is 2.82. The van der Waals surface area contributed by atoms with Gasteiger partial charge in [-0.05, 0) is 35.9 Å². The largest absolute Gasteiger partial charge is 0.487 e. The molecule has 0 radical (unpaired) electrons. The molecular formula is C25H26N4O2. The Kier molecular flexibility index (Phi) is 7.19. The first-order valence-corrected chi connectivity index (χ1v) is 9.87. The lowest BCUT2D eigenvalue weighted by molar-refractivity contribution is -0.105. The van der Waals surface area contributed by atoms with Crippen LogP contribution in [0.1, 0.15) is 22.7 Å². The lowest BCUT2D eigenvalue weighted by Crippen LogP contribution is -2.27. The number of rotatable bonds is 9. The summed E-state index contributed by atoms with van der Waals surface area (Å²) in [5.41, 5.74) is 15.8. The second kappa shape index (κ2) is 10.2. The van der Waals surface area contributed by atoms with Gasteiger partial charge in [0.05, 0.1) is 23.1 Å². The Bertz CT molecular complexity index is 1080. The third-order valence-corrected chi connectivity index (χ3v) is 4.95. The maximum Gasteiger partial charge on any atom is 0.166 e. The van der Waals surface area contributed by atoms with Crippen molar-refractivity contribution in [2.45, 2.75) is 12.6 Å². The number of anilines is 1. The molecule has 0 saturated carbocycles. The van der Waals surface area contributed by atoms with Crippen LogP contribution < -0.4 is 21.5 Å². The molecule has 0 fully saturated rings. The van der Waals surface area contributed by atoms with Crippen LogP contribution in [0.4, 0.5) is 5.69 Å². The minimum absolute atomic E-state index is 0.00354. The van der Waals surface area contributed by atoms with Gasteiger partial charge in [-0.1, -0.05) is 66.7 Å². The standard InChI is InChI=1S/C25H26N4O2/c1-29-25(23(21(27)15-30)24(28)18-10-6-3-7-11-18)19-12-13-22(20(26)14-19)31-16-17-8-4-2-5-9-17/h2-15,25,28-29H,16,26-27H2,1H3/b23-21+,28-24?. The molecule has 0 aromatic heterocycles. The van der Waals surface area contributed by atoms with Gasteiger partial charge in [-0.25, -0.2) is 0 Å². The molecule has 0 aliphatic rings. The Hall–Kier alpha value is -3.90. The number of carbonyl (C=O) groups is 1. The molecule has 3 aromatic carbocycles. The number of nitrogens with two attached hydrogens (primary N) is 2. The summed E-state index contributed by atoms with van der Waals surface area (Å²) in [6.07, 6.45) is 0.567. The van der Waals surface area contributed by atoms with Gasteiger partial charge >= 0.3 is 0 Å². The minimum Gasteiger partial charge on any atom is -0.487 e. The maximum absolute atomic E-state index is 11.5. The number of benzene rings is 3. The van der Waals surface area contributed by atoms with Gasteiger partial charge < -0.3 is 21.5 Å². The molecule has 3 rings (SSSR count). The molecule has 0 heterocycles. The number of ether oxygens (including phenoxy) is 1. The third kappa shape index (κ3) is 5.18. The highest BCUT2D eigenvalue weighted by Gasteiger charge is 2.23. The van der Waals surface area contributed by atoms with E-state index in [4.69, 9.17) is 21.6 Å². The van der Waals surface area contributed by atoms with Crippen LogP contribution in [0.15, 0.2) is 90.1 Å². The van der Waals surface area contributed by atoms with Crippen molar-refractivity contribution in [2.75, 3.05) is 12.8 Å². The zero-order chi connectivity index (χ0) is 22.2. The molecule has 1 unspecified atom stereocenters. The first-order chi connectivity index (χ1) is 15.0. The van der Waals surface area contributed by atoms with Crippen LogP contribution in [-0.4, -0.2) is 19.0 Å². The number of allylic oxidation sites excluding steroid dienone is 1. The molecule has 158 valence electrons. The van der Waals surface area contributed by atoms with Gasteiger partial charge in [0, 0.05) is 5.57 Å². The number of hydrogen-bond acceptors (Lipinski definition) is 6. The number of aldehydes is 1. The molecule has 1 atom stereocenters. The van der Waals surface area contributed by atoms with Gasteiger partial charge in [0.1, 0.15) is 12.4 Å². The number of nitrogens with one attached hydrogen (secondary N) is 2. The predicted octanol–water partition coefficient (Wildman–Crippen LogP) is 3.59. The van der Waals surface area contributed by atoms with Crippen molar-refractivity contribution in [1.82, 2.24) is 5.32 Å². The second-order valence-corrected chi connectivity index (χ2v) is 7.02. The second-order valence-electron chi connectivity index (χ2n) is 7.02. The number of likely N-dealkylation sites (N-methyl/N-ethyl adjacent to an activating group) is 1. The van der Waals surface area contributed by atoms with Crippen molar-refractivity contribution >= 4 is 17.7 Å². The van der Waals surface area contributed by atoms with E-state index in [1.165, 1.54) is 0 Å².